The van der Waals surface area contributed by atoms with Crippen molar-refractivity contribution in [2.75, 3.05) is 29.9 Å². The van der Waals surface area contributed by atoms with Crippen molar-refractivity contribution in [1.82, 2.24) is 5.32 Å². The fourth-order valence-electron chi connectivity index (χ4n) is 2.36. The minimum atomic E-state index is -0.299. The highest BCUT2D eigenvalue weighted by atomic mass is 16.5. The second-order valence-corrected chi connectivity index (χ2v) is 6.01. The number of amides is 3. The van der Waals surface area contributed by atoms with Crippen molar-refractivity contribution in [1.29, 1.82) is 0 Å². The average Bonchev–Trinajstić information content (AvgIpc) is 2.55. The Kier molecular flexibility index (Phi) is 6.16. The molecular weight excluding hydrogens is 322 g/mol. The molecule has 0 fully saturated rings. The van der Waals surface area contributed by atoms with Crippen molar-refractivity contribution in [3.05, 3.63) is 29.8 Å². The predicted octanol–water partition coefficient (Wildman–Crippen LogP) is 1.84. The molecule has 134 valence electrons. The van der Waals surface area contributed by atoms with Crippen molar-refractivity contribution < 1.29 is 19.1 Å². The summed E-state index contributed by atoms with van der Waals surface area (Å²) in [5.41, 5.74) is 1.87. The molecule has 3 amide bonds. The zero-order valence-corrected chi connectivity index (χ0v) is 14.7. The highest BCUT2D eigenvalue weighted by Gasteiger charge is 2.27. The van der Waals surface area contributed by atoms with Crippen LogP contribution in [-0.2, 0) is 14.4 Å². The molecule has 2 rings (SSSR count). The van der Waals surface area contributed by atoms with Crippen LogP contribution in [0.3, 0.4) is 0 Å². The number of nitrogens with one attached hydrogen (secondary N) is 2. The standard InChI is InChI=1S/C18H23N3O4/c1-4-7-19-17(23)10-21-14-9-13(20-16(22)8-12(2)3)5-6-15(14)25-11-18(21)24/h5-6,8-9H,4,7,10-11H2,1-3H3,(H,19,23)(H,20,22). The lowest BCUT2D eigenvalue weighted by Gasteiger charge is -2.29. The normalized spacial score (nSPS) is 12.8. The molecule has 0 aromatic heterocycles. The van der Waals surface area contributed by atoms with Crippen LogP contribution in [0.4, 0.5) is 11.4 Å². The maximum absolute atomic E-state index is 12.2. The van der Waals surface area contributed by atoms with E-state index < -0.39 is 0 Å². The third-order valence-corrected chi connectivity index (χ3v) is 3.46. The van der Waals surface area contributed by atoms with Gasteiger partial charge in [-0.15, -0.1) is 0 Å². The van der Waals surface area contributed by atoms with Gasteiger partial charge in [-0.3, -0.25) is 19.3 Å². The lowest BCUT2D eigenvalue weighted by molar-refractivity contribution is -0.125. The molecular formula is C18H23N3O4. The van der Waals surface area contributed by atoms with E-state index >= 15 is 0 Å². The molecule has 7 heteroatoms. The number of allylic oxidation sites excluding steroid dienone is 1. The number of anilines is 2. The minimum absolute atomic E-state index is 0.0828. The van der Waals surface area contributed by atoms with E-state index in [1.165, 1.54) is 11.0 Å². The van der Waals surface area contributed by atoms with E-state index in [0.717, 1.165) is 12.0 Å². The molecule has 2 N–H and O–H groups in total. The molecule has 25 heavy (non-hydrogen) atoms. The molecule has 0 unspecified atom stereocenters. The zero-order valence-electron chi connectivity index (χ0n) is 14.7. The Balaban J connectivity index is 2.21. The number of carbonyl (C=O) groups excluding carboxylic acids is 3. The van der Waals surface area contributed by atoms with Gasteiger partial charge < -0.3 is 15.4 Å². The second-order valence-electron chi connectivity index (χ2n) is 6.01. The van der Waals surface area contributed by atoms with E-state index in [2.05, 4.69) is 10.6 Å². The summed E-state index contributed by atoms with van der Waals surface area (Å²) in [6, 6.07) is 5.01. The zero-order chi connectivity index (χ0) is 18.4. The number of hydrogen-bond donors (Lipinski definition) is 2. The van der Waals surface area contributed by atoms with Gasteiger partial charge in [-0.2, -0.15) is 0 Å². The number of benzene rings is 1. The molecule has 0 saturated heterocycles. The van der Waals surface area contributed by atoms with E-state index in [0.29, 0.717) is 23.7 Å². The van der Waals surface area contributed by atoms with Gasteiger partial charge in [0.25, 0.3) is 5.91 Å². The van der Waals surface area contributed by atoms with Gasteiger partial charge >= 0.3 is 0 Å². The van der Waals surface area contributed by atoms with Crippen LogP contribution in [0.5, 0.6) is 5.75 Å². The van der Waals surface area contributed by atoms with Gasteiger partial charge in [0.05, 0.1) is 5.69 Å². The molecule has 0 bridgehead atoms. The van der Waals surface area contributed by atoms with Crippen molar-refractivity contribution >= 4 is 29.1 Å². The van der Waals surface area contributed by atoms with Crippen LogP contribution in [0.1, 0.15) is 27.2 Å². The molecule has 0 radical (unpaired) electrons. The van der Waals surface area contributed by atoms with E-state index in [9.17, 15) is 14.4 Å². The molecule has 0 atom stereocenters. The Hall–Kier alpha value is -2.83. The summed E-state index contributed by atoms with van der Waals surface area (Å²) in [5, 5.41) is 5.49. The summed E-state index contributed by atoms with van der Waals surface area (Å²) < 4.78 is 5.41. The molecule has 0 saturated carbocycles. The molecule has 7 nitrogen and oxygen atoms in total. The Labute approximate surface area is 147 Å². The first-order valence-corrected chi connectivity index (χ1v) is 8.20. The Morgan fingerprint density at radius 3 is 2.76 bits per heavy atom. The van der Waals surface area contributed by atoms with Crippen LogP contribution in [0.15, 0.2) is 29.8 Å². The predicted molar refractivity (Wildman–Crippen MR) is 95.7 cm³/mol. The molecule has 1 aromatic rings. The van der Waals surface area contributed by atoms with Crippen LogP contribution in [0.2, 0.25) is 0 Å². The van der Waals surface area contributed by atoms with E-state index in [4.69, 9.17) is 4.74 Å². The van der Waals surface area contributed by atoms with Crippen LogP contribution in [0, 0.1) is 0 Å². The molecule has 0 spiro atoms. The monoisotopic (exact) mass is 345 g/mol. The Morgan fingerprint density at radius 2 is 2.08 bits per heavy atom. The molecule has 1 aliphatic heterocycles. The van der Waals surface area contributed by atoms with Crippen molar-refractivity contribution in [2.45, 2.75) is 27.2 Å². The number of carbonyl (C=O) groups is 3. The first-order valence-electron chi connectivity index (χ1n) is 8.20. The van der Waals surface area contributed by atoms with Gasteiger partial charge in [0.2, 0.25) is 11.8 Å². The number of ether oxygens (including phenoxy) is 1. The largest absolute Gasteiger partial charge is 0.482 e. The quantitative estimate of drug-likeness (QED) is 0.770. The van der Waals surface area contributed by atoms with Crippen LogP contribution in [0.25, 0.3) is 0 Å². The molecule has 0 aliphatic carbocycles. The fourth-order valence-corrected chi connectivity index (χ4v) is 2.36. The number of nitrogens with zero attached hydrogens (tertiary/aromatic N) is 1. The van der Waals surface area contributed by atoms with Crippen molar-refractivity contribution in [3.8, 4) is 5.75 Å². The maximum Gasteiger partial charge on any atom is 0.265 e. The van der Waals surface area contributed by atoms with Gasteiger partial charge in [0, 0.05) is 18.3 Å². The summed E-state index contributed by atoms with van der Waals surface area (Å²) in [6.45, 7) is 5.98. The lowest BCUT2D eigenvalue weighted by Crippen LogP contribution is -2.45. The van der Waals surface area contributed by atoms with Gasteiger partial charge in [-0.05, 0) is 38.5 Å². The third kappa shape index (κ3) is 5.07. The van der Waals surface area contributed by atoms with Crippen molar-refractivity contribution in [3.63, 3.8) is 0 Å². The fraction of sp³-hybridized carbons (Fsp3) is 0.389. The first-order chi connectivity index (χ1) is 11.9. The summed E-state index contributed by atoms with van der Waals surface area (Å²) in [6.07, 6.45) is 2.30. The highest BCUT2D eigenvalue weighted by molar-refractivity contribution is 6.04. The van der Waals surface area contributed by atoms with Crippen LogP contribution < -0.4 is 20.3 Å². The second kappa shape index (κ2) is 8.32. The molecule has 1 aliphatic rings. The van der Waals surface area contributed by atoms with E-state index in [-0.39, 0.29) is 30.9 Å². The van der Waals surface area contributed by atoms with Crippen LogP contribution in [-0.4, -0.2) is 37.4 Å². The van der Waals surface area contributed by atoms with Gasteiger partial charge in [-0.25, -0.2) is 0 Å². The maximum atomic E-state index is 12.2. The number of hydrogen-bond acceptors (Lipinski definition) is 4. The molecule has 1 heterocycles. The topological polar surface area (TPSA) is 87.7 Å². The summed E-state index contributed by atoms with van der Waals surface area (Å²) >= 11 is 0. The third-order valence-electron chi connectivity index (χ3n) is 3.46. The highest BCUT2D eigenvalue weighted by Crippen LogP contribution is 2.34. The van der Waals surface area contributed by atoms with Gasteiger partial charge in [0.15, 0.2) is 6.61 Å². The number of fused-ring (bicyclic) bond motifs is 1. The SMILES string of the molecule is CCCNC(=O)CN1C(=O)COc2ccc(NC(=O)C=C(C)C)cc21. The lowest BCUT2D eigenvalue weighted by atomic mass is 10.2. The molecule has 1 aromatic carbocycles. The summed E-state index contributed by atoms with van der Waals surface area (Å²) in [5.74, 6) is -0.285. The average molecular weight is 345 g/mol. The first kappa shape index (κ1) is 18.5. The smallest absolute Gasteiger partial charge is 0.265 e. The minimum Gasteiger partial charge on any atom is -0.482 e. The van der Waals surface area contributed by atoms with Crippen molar-refractivity contribution in [2.24, 2.45) is 0 Å². The van der Waals surface area contributed by atoms with Crippen LogP contribution >= 0.6 is 0 Å². The van der Waals surface area contributed by atoms with E-state index in [1.54, 1.807) is 18.2 Å². The Morgan fingerprint density at radius 1 is 1.32 bits per heavy atom. The summed E-state index contributed by atoms with van der Waals surface area (Å²) in [4.78, 5) is 37.4. The van der Waals surface area contributed by atoms with Gasteiger partial charge in [0.1, 0.15) is 12.3 Å². The van der Waals surface area contributed by atoms with Gasteiger partial charge in [-0.1, -0.05) is 12.5 Å². The van der Waals surface area contributed by atoms with E-state index in [1.807, 2.05) is 20.8 Å². The summed E-state index contributed by atoms with van der Waals surface area (Å²) in [7, 11) is 0. The number of rotatable bonds is 6. The Bertz CT molecular complexity index is 708.